The van der Waals surface area contributed by atoms with E-state index >= 15 is 0 Å². The molecule has 0 saturated carbocycles. The van der Waals surface area contributed by atoms with Crippen LogP contribution in [0.15, 0.2) is 20.0 Å². The van der Waals surface area contributed by atoms with E-state index in [0.29, 0.717) is 0 Å². The summed E-state index contributed by atoms with van der Waals surface area (Å²) in [6.45, 7) is 7.60. The van der Waals surface area contributed by atoms with Crippen LogP contribution in [0.4, 0.5) is 0 Å². The monoisotopic (exact) mass is 381 g/mol. The molecule has 120 valence electrons. The Hall–Kier alpha value is -0.410. The number of ether oxygens (including phenoxy) is 1. The molecule has 0 unspecified atom stereocenters. The molecule has 1 aromatic rings. The van der Waals surface area contributed by atoms with Gasteiger partial charge in [-0.2, -0.15) is 4.31 Å². The van der Waals surface area contributed by atoms with Crippen molar-refractivity contribution >= 4 is 26.0 Å². The predicted molar refractivity (Wildman–Crippen MR) is 80.3 cm³/mol. The van der Waals surface area contributed by atoms with Crippen LogP contribution in [0.2, 0.25) is 0 Å². The average molecular weight is 382 g/mol. The minimum absolute atomic E-state index is 0.0278. The lowest BCUT2D eigenvalue weighted by Gasteiger charge is -2.46. The minimum Gasteiger partial charge on any atom is -0.450 e. The molecule has 1 aliphatic rings. The highest BCUT2D eigenvalue weighted by Gasteiger charge is 2.44. The highest BCUT2D eigenvalue weighted by atomic mass is 79.9. The Bertz CT molecular complexity index is 619. The standard InChI is InChI=1S/C13H20BrNO5S/c1-12(2)7-15(8-13(3,4)20-12)21(17,18)10-5-9(6-16)19-11(10)14/h5,16H,6-8H2,1-4H3. The Labute approximate surface area is 133 Å². The number of aliphatic hydroxyl groups is 1. The van der Waals surface area contributed by atoms with Gasteiger partial charge in [0.25, 0.3) is 0 Å². The zero-order chi connectivity index (χ0) is 16.1. The molecule has 0 bridgehead atoms. The molecule has 0 amide bonds. The molecule has 0 radical (unpaired) electrons. The topological polar surface area (TPSA) is 80.0 Å². The second-order valence-electron chi connectivity index (χ2n) is 6.40. The van der Waals surface area contributed by atoms with Gasteiger partial charge in [0.1, 0.15) is 17.3 Å². The number of nitrogens with zero attached hydrogens (tertiary/aromatic N) is 1. The van der Waals surface area contributed by atoms with E-state index < -0.39 is 21.2 Å². The van der Waals surface area contributed by atoms with Crippen molar-refractivity contribution in [1.82, 2.24) is 4.31 Å². The Morgan fingerprint density at radius 2 is 1.81 bits per heavy atom. The Morgan fingerprint density at radius 1 is 1.29 bits per heavy atom. The van der Waals surface area contributed by atoms with Gasteiger partial charge in [0.15, 0.2) is 4.67 Å². The molecular formula is C13H20BrNO5S. The number of sulfonamides is 1. The second-order valence-corrected chi connectivity index (χ2v) is 9.03. The third-order valence-corrected chi connectivity index (χ3v) is 5.80. The third-order valence-electron chi connectivity index (χ3n) is 3.15. The summed E-state index contributed by atoms with van der Waals surface area (Å²) in [7, 11) is -3.72. The number of hydrogen-bond acceptors (Lipinski definition) is 5. The van der Waals surface area contributed by atoms with Gasteiger partial charge in [0, 0.05) is 19.2 Å². The van der Waals surface area contributed by atoms with Crippen molar-refractivity contribution in [2.45, 2.75) is 50.4 Å². The van der Waals surface area contributed by atoms with Crippen molar-refractivity contribution in [3.8, 4) is 0 Å². The maximum Gasteiger partial charge on any atom is 0.247 e. The normalized spacial score (nSPS) is 22.4. The van der Waals surface area contributed by atoms with E-state index in [0.717, 1.165) is 0 Å². The number of furan rings is 1. The van der Waals surface area contributed by atoms with Gasteiger partial charge in [-0.15, -0.1) is 0 Å². The summed E-state index contributed by atoms with van der Waals surface area (Å²) in [6.07, 6.45) is 0. The first-order valence-corrected chi connectivity index (χ1v) is 8.80. The van der Waals surface area contributed by atoms with Gasteiger partial charge < -0.3 is 14.3 Å². The lowest BCUT2D eigenvalue weighted by molar-refractivity contribution is -0.163. The first-order chi connectivity index (χ1) is 9.47. The first-order valence-electron chi connectivity index (χ1n) is 6.56. The third kappa shape index (κ3) is 3.50. The summed E-state index contributed by atoms with van der Waals surface area (Å²) in [5.74, 6) is 0.201. The van der Waals surface area contributed by atoms with Crippen LogP contribution in [0.3, 0.4) is 0 Å². The smallest absolute Gasteiger partial charge is 0.247 e. The van der Waals surface area contributed by atoms with E-state index in [1.807, 2.05) is 27.7 Å². The van der Waals surface area contributed by atoms with Crippen LogP contribution in [0.5, 0.6) is 0 Å². The quantitative estimate of drug-likeness (QED) is 0.866. The van der Waals surface area contributed by atoms with E-state index in [4.69, 9.17) is 14.3 Å². The molecule has 1 N–H and O–H groups in total. The van der Waals surface area contributed by atoms with E-state index in [2.05, 4.69) is 15.9 Å². The van der Waals surface area contributed by atoms with E-state index in [-0.39, 0.29) is 35.0 Å². The van der Waals surface area contributed by atoms with Crippen LogP contribution in [0.1, 0.15) is 33.5 Å². The van der Waals surface area contributed by atoms with Crippen molar-refractivity contribution < 1.29 is 22.7 Å². The van der Waals surface area contributed by atoms with Crippen LogP contribution in [0.25, 0.3) is 0 Å². The van der Waals surface area contributed by atoms with Crippen molar-refractivity contribution in [2.24, 2.45) is 0 Å². The number of rotatable bonds is 3. The van der Waals surface area contributed by atoms with Gasteiger partial charge in [-0.05, 0) is 43.6 Å². The molecule has 8 heteroatoms. The maximum absolute atomic E-state index is 12.8. The molecule has 1 saturated heterocycles. The van der Waals surface area contributed by atoms with Gasteiger partial charge in [-0.3, -0.25) is 0 Å². The largest absolute Gasteiger partial charge is 0.450 e. The lowest BCUT2D eigenvalue weighted by Crippen LogP contribution is -2.58. The molecule has 0 atom stereocenters. The summed E-state index contributed by atoms with van der Waals surface area (Å²) in [4.78, 5) is 0.0278. The zero-order valence-corrected chi connectivity index (χ0v) is 14.9. The van der Waals surface area contributed by atoms with Gasteiger partial charge in [-0.25, -0.2) is 8.42 Å². The average Bonchev–Trinajstić information content (AvgIpc) is 2.67. The molecule has 1 aliphatic heterocycles. The maximum atomic E-state index is 12.8. The highest BCUT2D eigenvalue weighted by molar-refractivity contribution is 9.10. The summed E-state index contributed by atoms with van der Waals surface area (Å²) in [5, 5.41) is 9.07. The summed E-state index contributed by atoms with van der Waals surface area (Å²) in [5.41, 5.74) is -1.16. The first kappa shape index (κ1) is 17.0. The summed E-state index contributed by atoms with van der Waals surface area (Å²) >= 11 is 3.10. The number of aliphatic hydroxyl groups excluding tert-OH is 1. The molecule has 1 fully saturated rings. The molecule has 1 aromatic heterocycles. The van der Waals surface area contributed by atoms with E-state index in [9.17, 15) is 8.42 Å². The SMILES string of the molecule is CC1(C)CN(S(=O)(=O)c2cc(CO)oc2Br)CC(C)(C)O1. The van der Waals surface area contributed by atoms with Gasteiger partial charge in [0.05, 0.1) is 11.2 Å². The Morgan fingerprint density at radius 3 is 2.24 bits per heavy atom. The summed E-state index contributed by atoms with van der Waals surface area (Å²) < 4.78 is 38.2. The lowest BCUT2D eigenvalue weighted by atomic mass is 10.0. The molecule has 0 aromatic carbocycles. The van der Waals surface area contributed by atoms with Crippen LogP contribution in [-0.2, 0) is 21.4 Å². The molecule has 0 spiro atoms. The van der Waals surface area contributed by atoms with Crippen LogP contribution >= 0.6 is 15.9 Å². The second kappa shape index (κ2) is 5.34. The molecule has 2 rings (SSSR count). The zero-order valence-electron chi connectivity index (χ0n) is 12.5. The van der Waals surface area contributed by atoms with Crippen molar-refractivity contribution in [2.75, 3.05) is 13.1 Å². The van der Waals surface area contributed by atoms with Gasteiger partial charge in [-0.1, -0.05) is 0 Å². The molecular weight excluding hydrogens is 362 g/mol. The Balaban J connectivity index is 2.41. The van der Waals surface area contributed by atoms with Crippen molar-refractivity contribution in [1.29, 1.82) is 0 Å². The fraction of sp³-hybridized carbons (Fsp3) is 0.692. The predicted octanol–water partition coefficient (Wildman–Crippen LogP) is 2.11. The minimum atomic E-state index is -3.72. The van der Waals surface area contributed by atoms with Gasteiger partial charge in [0.2, 0.25) is 10.0 Å². The summed E-state index contributed by atoms with van der Waals surface area (Å²) in [6, 6.07) is 1.34. The Kier molecular flexibility index (Phi) is 4.31. The van der Waals surface area contributed by atoms with Crippen LogP contribution in [-0.4, -0.2) is 42.1 Å². The highest BCUT2D eigenvalue weighted by Crippen LogP contribution is 2.34. The van der Waals surface area contributed by atoms with Crippen LogP contribution < -0.4 is 0 Å². The van der Waals surface area contributed by atoms with Crippen molar-refractivity contribution in [3.63, 3.8) is 0 Å². The number of morpholine rings is 1. The molecule has 21 heavy (non-hydrogen) atoms. The fourth-order valence-corrected chi connectivity index (χ4v) is 5.38. The van der Waals surface area contributed by atoms with Crippen molar-refractivity contribution in [3.05, 3.63) is 16.5 Å². The number of halogens is 1. The number of hydrogen-bond donors (Lipinski definition) is 1. The van der Waals surface area contributed by atoms with Gasteiger partial charge >= 0.3 is 0 Å². The van der Waals surface area contributed by atoms with Crippen LogP contribution in [0, 0.1) is 0 Å². The molecule has 0 aliphatic carbocycles. The van der Waals surface area contributed by atoms with E-state index in [1.54, 1.807) is 0 Å². The fourth-order valence-electron chi connectivity index (χ4n) is 2.68. The van der Waals surface area contributed by atoms with E-state index in [1.165, 1.54) is 10.4 Å². The molecule has 6 nitrogen and oxygen atoms in total. The molecule has 2 heterocycles.